The van der Waals surface area contributed by atoms with Crippen LogP contribution in [-0.2, 0) is 6.42 Å². The minimum atomic E-state index is 0.281. The maximum absolute atomic E-state index is 5.89. The van der Waals surface area contributed by atoms with Crippen molar-refractivity contribution in [3.8, 4) is 5.75 Å². The number of nitrogens with zero attached hydrogens (tertiary/aromatic N) is 1. The van der Waals surface area contributed by atoms with Gasteiger partial charge in [-0.1, -0.05) is 12.5 Å². The second kappa shape index (κ2) is 5.41. The van der Waals surface area contributed by atoms with Gasteiger partial charge in [-0.25, -0.2) is 0 Å². The molecule has 0 bridgehead atoms. The fourth-order valence-electron chi connectivity index (χ4n) is 3.21. The zero-order chi connectivity index (χ0) is 13.2. The van der Waals surface area contributed by atoms with Crippen LogP contribution in [0.3, 0.4) is 0 Å². The van der Waals surface area contributed by atoms with Gasteiger partial charge in [0.15, 0.2) is 0 Å². The Morgan fingerprint density at radius 2 is 2.26 bits per heavy atom. The molecule has 3 heteroatoms. The third kappa shape index (κ3) is 2.86. The molecule has 2 atom stereocenters. The second-order valence-electron chi connectivity index (χ2n) is 5.96. The number of likely N-dealkylation sites (N-methyl/N-ethyl adjacent to an activating group) is 1. The van der Waals surface area contributed by atoms with Crippen molar-refractivity contribution in [2.75, 3.05) is 25.0 Å². The molecule has 0 aliphatic carbocycles. The molecule has 0 aromatic heterocycles. The summed E-state index contributed by atoms with van der Waals surface area (Å²) in [6.07, 6.45) is 5.42. The van der Waals surface area contributed by atoms with Gasteiger partial charge in [0.25, 0.3) is 0 Å². The number of ether oxygens (including phenoxy) is 1. The highest BCUT2D eigenvalue weighted by molar-refractivity contribution is 5.61. The van der Waals surface area contributed by atoms with Crippen LogP contribution in [0.5, 0.6) is 5.75 Å². The van der Waals surface area contributed by atoms with E-state index < -0.39 is 0 Å². The Hall–Kier alpha value is -1.22. The van der Waals surface area contributed by atoms with E-state index in [2.05, 4.69) is 42.4 Å². The Morgan fingerprint density at radius 3 is 3.05 bits per heavy atom. The van der Waals surface area contributed by atoms with Gasteiger partial charge >= 0.3 is 0 Å². The third-order valence-corrected chi connectivity index (χ3v) is 4.19. The minimum absolute atomic E-state index is 0.281. The van der Waals surface area contributed by atoms with Crippen molar-refractivity contribution in [3.63, 3.8) is 0 Å². The first kappa shape index (κ1) is 12.8. The SMILES string of the molecule is CC1CN(C)c2cc(CC3CCCCN3)ccc2O1. The lowest BCUT2D eigenvalue weighted by Gasteiger charge is -2.33. The van der Waals surface area contributed by atoms with Gasteiger partial charge in [0.2, 0.25) is 0 Å². The molecular formula is C16H24N2O. The van der Waals surface area contributed by atoms with E-state index in [1.54, 1.807) is 0 Å². The van der Waals surface area contributed by atoms with E-state index in [1.807, 2.05) is 0 Å². The van der Waals surface area contributed by atoms with Crippen molar-refractivity contribution < 1.29 is 4.74 Å². The van der Waals surface area contributed by atoms with Gasteiger partial charge in [-0.05, 0) is 50.4 Å². The Kier molecular flexibility index (Phi) is 3.65. The molecule has 2 aliphatic rings. The topological polar surface area (TPSA) is 24.5 Å². The van der Waals surface area contributed by atoms with Crippen LogP contribution in [-0.4, -0.2) is 32.3 Å². The van der Waals surface area contributed by atoms with Crippen LogP contribution in [0.2, 0.25) is 0 Å². The summed E-state index contributed by atoms with van der Waals surface area (Å²) in [5.74, 6) is 1.03. The molecule has 1 N–H and O–H groups in total. The highest BCUT2D eigenvalue weighted by Crippen LogP contribution is 2.33. The van der Waals surface area contributed by atoms with Gasteiger partial charge in [0.05, 0.1) is 12.2 Å². The number of fused-ring (bicyclic) bond motifs is 1. The number of rotatable bonds is 2. The number of nitrogens with one attached hydrogen (secondary N) is 1. The number of hydrogen-bond donors (Lipinski definition) is 1. The zero-order valence-electron chi connectivity index (χ0n) is 12.0. The number of anilines is 1. The normalized spacial score (nSPS) is 26.7. The highest BCUT2D eigenvalue weighted by Gasteiger charge is 2.21. The van der Waals surface area contributed by atoms with Crippen LogP contribution < -0.4 is 15.0 Å². The van der Waals surface area contributed by atoms with E-state index in [0.29, 0.717) is 6.04 Å². The minimum Gasteiger partial charge on any atom is -0.487 e. The maximum Gasteiger partial charge on any atom is 0.143 e. The molecule has 2 heterocycles. The van der Waals surface area contributed by atoms with Gasteiger partial charge in [0, 0.05) is 13.1 Å². The summed E-state index contributed by atoms with van der Waals surface area (Å²) in [5.41, 5.74) is 2.66. The first-order valence-corrected chi connectivity index (χ1v) is 7.46. The van der Waals surface area contributed by atoms with Crippen molar-refractivity contribution in [2.45, 2.75) is 44.8 Å². The average molecular weight is 260 g/mol. The lowest BCUT2D eigenvalue weighted by molar-refractivity contribution is 0.215. The average Bonchev–Trinajstić information content (AvgIpc) is 2.40. The lowest BCUT2D eigenvalue weighted by Crippen LogP contribution is -2.36. The van der Waals surface area contributed by atoms with E-state index in [1.165, 1.54) is 37.1 Å². The third-order valence-electron chi connectivity index (χ3n) is 4.19. The molecule has 2 aliphatic heterocycles. The zero-order valence-corrected chi connectivity index (χ0v) is 12.0. The van der Waals surface area contributed by atoms with Gasteiger partial charge in [0.1, 0.15) is 11.9 Å². The van der Waals surface area contributed by atoms with E-state index in [9.17, 15) is 0 Å². The predicted molar refractivity (Wildman–Crippen MR) is 79.1 cm³/mol. The summed E-state index contributed by atoms with van der Waals surface area (Å²) in [6, 6.07) is 7.32. The molecule has 3 nitrogen and oxygen atoms in total. The largest absolute Gasteiger partial charge is 0.487 e. The van der Waals surface area contributed by atoms with Crippen LogP contribution in [0.4, 0.5) is 5.69 Å². The van der Waals surface area contributed by atoms with Gasteiger partial charge < -0.3 is 15.0 Å². The molecule has 19 heavy (non-hydrogen) atoms. The molecule has 1 aromatic rings. The van der Waals surface area contributed by atoms with Crippen molar-refractivity contribution in [1.82, 2.24) is 5.32 Å². The van der Waals surface area contributed by atoms with Gasteiger partial charge in [-0.2, -0.15) is 0 Å². The molecule has 1 aromatic carbocycles. The Morgan fingerprint density at radius 1 is 1.37 bits per heavy atom. The highest BCUT2D eigenvalue weighted by atomic mass is 16.5. The molecule has 1 saturated heterocycles. The molecule has 104 valence electrons. The van der Waals surface area contributed by atoms with Crippen LogP contribution >= 0.6 is 0 Å². The fraction of sp³-hybridized carbons (Fsp3) is 0.625. The standard InChI is InChI=1S/C16H24N2O/c1-12-11-18(2)15-10-13(6-7-16(15)19-12)9-14-5-3-4-8-17-14/h6-7,10,12,14,17H,3-5,8-9,11H2,1-2H3. The monoisotopic (exact) mass is 260 g/mol. The van der Waals surface area contributed by atoms with E-state index in [-0.39, 0.29) is 6.10 Å². The first-order valence-electron chi connectivity index (χ1n) is 7.46. The van der Waals surface area contributed by atoms with E-state index >= 15 is 0 Å². The Balaban J connectivity index is 1.75. The van der Waals surface area contributed by atoms with Crippen molar-refractivity contribution in [2.24, 2.45) is 0 Å². The maximum atomic E-state index is 5.89. The Bertz CT molecular complexity index is 440. The summed E-state index contributed by atoms with van der Waals surface area (Å²) in [7, 11) is 2.15. The number of piperidine rings is 1. The smallest absolute Gasteiger partial charge is 0.143 e. The fourth-order valence-corrected chi connectivity index (χ4v) is 3.21. The molecule has 1 fully saturated rings. The molecule has 0 radical (unpaired) electrons. The van der Waals surface area contributed by atoms with Gasteiger partial charge in [-0.15, -0.1) is 0 Å². The molecule has 0 spiro atoms. The van der Waals surface area contributed by atoms with Gasteiger partial charge in [-0.3, -0.25) is 0 Å². The quantitative estimate of drug-likeness (QED) is 0.884. The molecular weight excluding hydrogens is 236 g/mol. The Labute approximate surface area is 115 Å². The van der Waals surface area contributed by atoms with Crippen LogP contribution in [0.1, 0.15) is 31.7 Å². The first-order chi connectivity index (χ1) is 9.22. The summed E-state index contributed by atoms with van der Waals surface area (Å²) >= 11 is 0. The summed E-state index contributed by atoms with van der Waals surface area (Å²) < 4.78 is 5.89. The summed E-state index contributed by atoms with van der Waals surface area (Å²) in [6.45, 7) is 4.27. The van der Waals surface area contributed by atoms with E-state index in [4.69, 9.17) is 4.74 Å². The summed E-state index contributed by atoms with van der Waals surface area (Å²) in [5, 5.41) is 3.62. The van der Waals surface area contributed by atoms with Crippen molar-refractivity contribution >= 4 is 5.69 Å². The van der Waals surface area contributed by atoms with Crippen molar-refractivity contribution in [3.05, 3.63) is 23.8 Å². The van der Waals surface area contributed by atoms with Crippen LogP contribution in [0.25, 0.3) is 0 Å². The molecule has 2 unspecified atom stereocenters. The lowest BCUT2D eigenvalue weighted by atomic mass is 9.97. The van der Waals surface area contributed by atoms with Crippen molar-refractivity contribution in [1.29, 1.82) is 0 Å². The summed E-state index contributed by atoms with van der Waals surface area (Å²) in [4.78, 5) is 2.31. The number of benzene rings is 1. The number of hydrogen-bond acceptors (Lipinski definition) is 3. The molecule has 3 rings (SSSR count). The molecule has 0 amide bonds. The van der Waals surface area contributed by atoms with E-state index in [0.717, 1.165) is 18.7 Å². The van der Waals surface area contributed by atoms with Crippen LogP contribution in [0, 0.1) is 0 Å². The predicted octanol–water partition coefficient (Wildman–Crippen LogP) is 2.59. The second-order valence-corrected chi connectivity index (χ2v) is 5.96. The van der Waals surface area contributed by atoms with Crippen LogP contribution in [0.15, 0.2) is 18.2 Å². The molecule has 0 saturated carbocycles.